The van der Waals surface area contributed by atoms with Crippen LogP contribution in [0.3, 0.4) is 0 Å². The fourth-order valence-corrected chi connectivity index (χ4v) is 19.3. The summed E-state index contributed by atoms with van der Waals surface area (Å²) < 4.78 is 54.5. The van der Waals surface area contributed by atoms with Crippen molar-refractivity contribution in [2.24, 2.45) is 36.6 Å². The maximum absolute atomic E-state index is 11.8. The number of H-pyrrole nitrogens is 2. The van der Waals surface area contributed by atoms with Gasteiger partial charge in [-0.25, -0.2) is 63.2 Å². The lowest BCUT2D eigenvalue weighted by Crippen LogP contribution is -2.48. The second-order valence-electron chi connectivity index (χ2n) is 39.6. The van der Waals surface area contributed by atoms with E-state index in [1.54, 1.807) is 105 Å². The van der Waals surface area contributed by atoms with E-state index in [2.05, 4.69) is 272 Å². The SMILES string of the molecule is CC(=O)N1CCN(c2nc(C(C)(c3ccc(-c4cnc(N)nc4)cc3)C(C)C)no2)CC1.CC(C)C(C)(c1ccc(-c2cnc(N)nc2)cc1)c1noc(-c2ncc[nH]2)n1.CC(C)C(C)(c1ccc(-c2cnc(N)nc2)cc1)c1noc(N2CCN(S(C)(=O)=O)CC2)n1.CC(c1ccc(-c2cnc(N)nc2)cc1)(c1noc(-c2cn[nH]c2)n1)C1CC1.Cn1cc(-c2nc(C(C)(c3ccc(-c4cnc(N)nc4)cc3)C3CC3)no2)cn1. The predicted molar refractivity (Wildman–Crippen MR) is 564 cm³/mol. The number of rotatable bonds is 26. The van der Waals surface area contributed by atoms with Gasteiger partial charge in [0.2, 0.25) is 45.7 Å². The Balaban J connectivity index is 0.000000122. The second-order valence-corrected chi connectivity index (χ2v) is 41.6. The first-order valence-electron chi connectivity index (χ1n) is 49.4. The number of anilines is 7. The summed E-state index contributed by atoms with van der Waals surface area (Å²) in [6.07, 6.45) is 33.4. The summed E-state index contributed by atoms with van der Waals surface area (Å²) in [5, 5.41) is 32.5. The van der Waals surface area contributed by atoms with Crippen LogP contribution in [0.4, 0.5) is 41.8 Å². The first-order valence-corrected chi connectivity index (χ1v) is 51.2. The molecule has 44 heteroatoms. The Hall–Kier alpha value is -17.2. The number of aryl methyl sites for hydroxylation is 1. The monoisotopic (exact) mass is 2040 g/mol. The highest BCUT2D eigenvalue weighted by molar-refractivity contribution is 7.88. The number of sulfonamides is 1. The second kappa shape index (κ2) is 43.1. The summed E-state index contributed by atoms with van der Waals surface area (Å²) in [5.41, 5.74) is 42.8. The molecular formula is C106H119N35O8S. The maximum atomic E-state index is 11.8. The van der Waals surface area contributed by atoms with Crippen LogP contribution in [0, 0.1) is 29.6 Å². The van der Waals surface area contributed by atoms with Gasteiger partial charge in [-0.15, -0.1) is 0 Å². The van der Waals surface area contributed by atoms with Crippen molar-refractivity contribution in [1.82, 2.24) is 140 Å². The Labute approximate surface area is 865 Å². The predicted octanol–water partition coefficient (Wildman–Crippen LogP) is 14.8. The molecule has 43 nitrogen and oxygen atoms in total. The number of aromatic amines is 2. The molecule has 22 rings (SSSR count). The first-order chi connectivity index (χ1) is 72.0. The lowest BCUT2D eigenvalue weighted by atomic mass is 9.72. The molecule has 0 radical (unpaired) electrons. The van der Waals surface area contributed by atoms with Crippen molar-refractivity contribution in [3.05, 3.63) is 277 Å². The van der Waals surface area contributed by atoms with Gasteiger partial charge in [0.05, 0.1) is 56.9 Å². The maximum Gasteiger partial charge on any atom is 0.324 e. The number of nitrogens with zero attached hydrogens (tertiary/aromatic N) is 28. The van der Waals surface area contributed by atoms with Gasteiger partial charge in [0.25, 0.3) is 17.7 Å². The number of imidazole rings is 1. The van der Waals surface area contributed by atoms with Crippen LogP contribution in [0.15, 0.2) is 243 Å². The molecule has 5 aromatic carbocycles. The molecule has 4 aliphatic rings. The Morgan fingerprint density at radius 1 is 0.373 bits per heavy atom. The van der Waals surface area contributed by atoms with Crippen molar-refractivity contribution in [2.75, 3.05) is 97.1 Å². The van der Waals surface area contributed by atoms with Crippen molar-refractivity contribution < 1.29 is 35.8 Å². The summed E-state index contributed by atoms with van der Waals surface area (Å²) in [5.74, 6) is 8.24. The molecule has 0 bridgehead atoms. The zero-order valence-electron chi connectivity index (χ0n) is 85.7. The number of amides is 1. The van der Waals surface area contributed by atoms with E-state index in [0.29, 0.717) is 129 Å². The Morgan fingerprint density at radius 2 is 0.687 bits per heavy atom. The zero-order valence-corrected chi connectivity index (χ0v) is 86.6. The van der Waals surface area contributed by atoms with Gasteiger partial charge in [-0.05, 0) is 146 Å². The minimum atomic E-state index is -3.20. The van der Waals surface area contributed by atoms with Crippen molar-refractivity contribution in [2.45, 2.75) is 136 Å². The molecule has 1 amide bonds. The molecule has 13 aromatic heterocycles. The van der Waals surface area contributed by atoms with E-state index in [4.69, 9.17) is 66.2 Å². The molecule has 4 fully saturated rings. The standard InChI is InChI=1S/C23H29N7O2.C22H29N7O3S.C21H21N7O.C20H19N7O.C20H21N7O/c1-15(2)23(4,19-7-5-17(6-8-19)18-13-25-21(24)26-14-18)20-27-22(32-28-20)30-11-9-29(10-12-30)16(3)31;1-15(2)22(3,18-7-5-16(6-8-18)17-13-24-20(23)25-14-17)19-26-21(32-27-19)28-9-11-29(12-10-28)33(4,30)31;1-21(17-7-8-17,19-26-18(29-27-19)15-11-25-28(2)12-15)16-5-3-13(4-6-16)14-9-23-20(22)24-10-14;1-20(16-6-7-16,18-26-17(28-27-18)14-10-24-25-11-14)15-4-2-12(3-5-15)13-8-22-19(21)23-9-13;1-12(2)20(3,18-26-17(28-27-18)16-22-8-9-23-16)15-6-4-13(5-7-15)14-10-24-19(21)25-11-14/h5-8,13-15H,9-12H2,1-4H3,(H2,24,25,26);5-8,13-15H,9-12H2,1-4H3,(H2,23,24,25);3-6,9-12,17H,7-8H2,1-2H3,(H2,22,23,24);2-5,8-11,16H,6-7H2,1H3,(H,24,25)(H2,21,22,23);4-12H,1-3H3,(H,22,23)(H2,21,24,25). The molecule has 2 saturated carbocycles. The number of hydrogen-bond acceptors (Lipinski definition) is 38. The number of nitrogen functional groups attached to an aromatic ring is 5. The average Bonchev–Trinajstić information content (AvgIpc) is 1.60. The molecule has 5 unspecified atom stereocenters. The quantitative estimate of drug-likeness (QED) is 0.0265. The average molecular weight is 2040 g/mol. The van der Waals surface area contributed by atoms with Gasteiger partial charge in [0.1, 0.15) is 0 Å². The third-order valence-corrected chi connectivity index (χ3v) is 30.8. The lowest BCUT2D eigenvalue weighted by Gasteiger charge is -2.33. The minimum Gasteiger partial charge on any atom is -0.368 e. The zero-order chi connectivity index (χ0) is 106. The molecule has 12 N–H and O–H groups in total. The van der Waals surface area contributed by atoms with E-state index >= 15 is 0 Å². The van der Waals surface area contributed by atoms with E-state index in [0.717, 1.165) is 115 Å². The fraction of sp³-hybridized carbons (Fsp3) is 0.340. The van der Waals surface area contributed by atoms with Crippen LogP contribution in [0.2, 0.25) is 0 Å². The highest BCUT2D eigenvalue weighted by atomic mass is 32.2. The highest BCUT2D eigenvalue weighted by Gasteiger charge is 2.50. The van der Waals surface area contributed by atoms with Gasteiger partial charge in [0, 0.05) is 181 Å². The normalized spacial score (nSPS) is 15.9. The van der Waals surface area contributed by atoms with Crippen molar-refractivity contribution in [1.29, 1.82) is 0 Å². The molecule has 2 saturated heterocycles. The highest BCUT2D eigenvalue weighted by Crippen LogP contribution is 2.53. The summed E-state index contributed by atoms with van der Waals surface area (Å²) in [6.45, 7) is 29.7. The number of aromatic nitrogens is 26. The molecule has 0 spiro atoms. The topological polar surface area (TPSA) is 593 Å². The molecule has 2 aliphatic heterocycles. The van der Waals surface area contributed by atoms with Crippen molar-refractivity contribution in [3.8, 4) is 90.3 Å². The molecular weight excluding hydrogens is 1920 g/mol. The first kappa shape index (κ1) is 103. The third-order valence-electron chi connectivity index (χ3n) is 29.5. The van der Waals surface area contributed by atoms with Crippen molar-refractivity contribution in [3.63, 3.8) is 0 Å². The number of piperazine rings is 2. The lowest BCUT2D eigenvalue weighted by molar-refractivity contribution is -0.129. The van der Waals surface area contributed by atoms with Crippen LogP contribution >= 0.6 is 0 Å². The van der Waals surface area contributed by atoms with Gasteiger partial charge in [0.15, 0.2) is 34.9 Å². The molecule has 15 heterocycles. The van der Waals surface area contributed by atoms with E-state index < -0.39 is 26.3 Å². The van der Waals surface area contributed by atoms with Gasteiger partial charge in [-0.3, -0.25) is 14.6 Å². The Kier molecular flexibility index (Phi) is 29.5. The number of carbonyl (C=O) groups excluding carboxylic acids is 1. The molecule has 2 aliphatic carbocycles. The summed E-state index contributed by atoms with van der Waals surface area (Å²) in [7, 11) is -1.33. The van der Waals surface area contributed by atoms with Crippen LogP contribution < -0.4 is 38.5 Å². The van der Waals surface area contributed by atoms with Gasteiger partial charge < -0.3 is 71.0 Å². The van der Waals surface area contributed by atoms with Gasteiger partial charge >= 0.3 is 12.0 Å². The Bertz CT molecular complexity index is 7490. The molecule has 150 heavy (non-hydrogen) atoms. The molecule has 5 atom stereocenters. The molecule has 772 valence electrons. The third kappa shape index (κ3) is 22.0. The summed E-state index contributed by atoms with van der Waals surface area (Å²) in [4.78, 5) is 88.7. The van der Waals surface area contributed by atoms with Crippen LogP contribution in [0.1, 0.15) is 166 Å². The van der Waals surface area contributed by atoms with Crippen LogP contribution in [0.25, 0.3) is 90.3 Å². The van der Waals surface area contributed by atoms with E-state index in [9.17, 15) is 13.2 Å². The minimum absolute atomic E-state index is 0.0947. The van der Waals surface area contributed by atoms with E-state index in [1.165, 1.54) is 16.1 Å². The van der Waals surface area contributed by atoms with Gasteiger partial charge in [-0.2, -0.15) is 39.4 Å². The number of hydrogen-bond donors (Lipinski definition) is 7. The largest absolute Gasteiger partial charge is 0.368 e. The fourth-order valence-electron chi connectivity index (χ4n) is 18.5. The smallest absolute Gasteiger partial charge is 0.324 e. The number of carbonyl (C=O) groups is 1. The number of benzene rings is 5. The Morgan fingerprint density at radius 3 is 0.987 bits per heavy atom. The van der Waals surface area contributed by atoms with Crippen LogP contribution in [-0.2, 0) is 48.9 Å². The summed E-state index contributed by atoms with van der Waals surface area (Å²) in [6, 6.07) is 42.4. The van der Waals surface area contributed by atoms with Crippen LogP contribution in [-0.4, -0.2) is 213 Å². The van der Waals surface area contributed by atoms with E-state index in [-0.39, 0.29) is 64.2 Å². The summed E-state index contributed by atoms with van der Waals surface area (Å²) >= 11 is 0. The number of nitrogens with one attached hydrogen (secondary N) is 2. The van der Waals surface area contributed by atoms with Crippen molar-refractivity contribution >= 4 is 57.7 Å². The molecule has 18 aromatic rings. The number of nitrogens with two attached hydrogens (primary N) is 5. The van der Waals surface area contributed by atoms with Crippen LogP contribution in [0.5, 0.6) is 0 Å². The van der Waals surface area contributed by atoms with Gasteiger partial charge in [-0.1, -0.05) is 189 Å². The van der Waals surface area contributed by atoms with E-state index in [1.807, 2.05) is 64.3 Å².